The van der Waals surface area contributed by atoms with Crippen molar-refractivity contribution in [1.82, 2.24) is 10.2 Å². The highest BCUT2D eigenvalue weighted by Crippen LogP contribution is 2.14. The molecule has 1 saturated heterocycles. The molecule has 4 heteroatoms. The number of carbonyl (C=O) groups is 2. The SMILES string of the molecule is CC(C)(C)NC(=O)c1cccc(C(=O)N2CCCC2)c1. The monoisotopic (exact) mass is 274 g/mol. The summed E-state index contributed by atoms with van der Waals surface area (Å²) in [6.07, 6.45) is 2.13. The fourth-order valence-electron chi connectivity index (χ4n) is 2.31. The lowest BCUT2D eigenvalue weighted by molar-refractivity contribution is 0.0793. The Morgan fingerprint density at radius 3 is 2.30 bits per heavy atom. The molecule has 0 aliphatic carbocycles. The van der Waals surface area contributed by atoms with Gasteiger partial charge in [0.1, 0.15) is 0 Å². The van der Waals surface area contributed by atoms with Crippen LogP contribution >= 0.6 is 0 Å². The van der Waals surface area contributed by atoms with Crippen molar-refractivity contribution in [3.63, 3.8) is 0 Å². The number of nitrogens with zero attached hydrogens (tertiary/aromatic N) is 1. The first kappa shape index (κ1) is 14.6. The van der Waals surface area contributed by atoms with E-state index < -0.39 is 0 Å². The molecule has 1 aliphatic rings. The molecule has 1 fully saturated rings. The van der Waals surface area contributed by atoms with Gasteiger partial charge in [-0.05, 0) is 51.8 Å². The number of carbonyl (C=O) groups excluding carboxylic acids is 2. The Kier molecular flexibility index (Phi) is 4.12. The van der Waals surface area contributed by atoms with E-state index in [0.29, 0.717) is 11.1 Å². The van der Waals surface area contributed by atoms with E-state index in [4.69, 9.17) is 0 Å². The predicted octanol–water partition coefficient (Wildman–Crippen LogP) is 2.45. The quantitative estimate of drug-likeness (QED) is 0.900. The lowest BCUT2D eigenvalue weighted by Gasteiger charge is -2.21. The van der Waals surface area contributed by atoms with Crippen LogP contribution in [0.25, 0.3) is 0 Å². The molecule has 0 radical (unpaired) electrons. The Balaban J connectivity index is 2.15. The van der Waals surface area contributed by atoms with Gasteiger partial charge >= 0.3 is 0 Å². The van der Waals surface area contributed by atoms with Gasteiger partial charge in [-0.15, -0.1) is 0 Å². The number of nitrogens with one attached hydrogen (secondary N) is 1. The molecule has 0 aromatic heterocycles. The summed E-state index contributed by atoms with van der Waals surface area (Å²) in [7, 11) is 0. The third-order valence-corrected chi connectivity index (χ3v) is 3.25. The highest BCUT2D eigenvalue weighted by molar-refractivity contribution is 5.99. The van der Waals surface area contributed by atoms with Gasteiger partial charge in [-0.25, -0.2) is 0 Å². The normalized spacial score (nSPS) is 15.2. The summed E-state index contributed by atoms with van der Waals surface area (Å²) in [6, 6.07) is 6.96. The molecule has 2 amide bonds. The first-order chi connectivity index (χ1) is 9.37. The molecule has 0 bridgehead atoms. The first-order valence-corrected chi connectivity index (χ1v) is 7.09. The van der Waals surface area contributed by atoms with E-state index in [9.17, 15) is 9.59 Å². The number of likely N-dealkylation sites (tertiary alicyclic amines) is 1. The zero-order valence-corrected chi connectivity index (χ0v) is 12.4. The summed E-state index contributed by atoms with van der Waals surface area (Å²) in [5.41, 5.74) is 0.838. The molecular weight excluding hydrogens is 252 g/mol. The Morgan fingerprint density at radius 1 is 1.10 bits per heavy atom. The van der Waals surface area contributed by atoms with Crippen molar-refractivity contribution in [2.45, 2.75) is 39.2 Å². The van der Waals surface area contributed by atoms with Crippen LogP contribution < -0.4 is 5.32 Å². The van der Waals surface area contributed by atoms with E-state index in [2.05, 4.69) is 5.32 Å². The van der Waals surface area contributed by atoms with E-state index in [1.807, 2.05) is 25.7 Å². The van der Waals surface area contributed by atoms with Crippen molar-refractivity contribution in [2.24, 2.45) is 0 Å². The third-order valence-electron chi connectivity index (χ3n) is 3.25. The molecule has 2 rings (SSSR count). The summed E-state index contributed by atoms with van der Waals surface area (Å²) in [4.78, 5) is 26.3. The molecule has 108 valence electrons. The van der Waals surface area contributed by atoms with E-state index in [1.165, 1.54) is 0 Å². The average molecular weight is 274 g/mol. The number of hydrogen-bond acceptors (Lipinski definition) is 2. The number of hydrogen-bond donors (Lipinski definition) is 1. The van der Waals surface area contributed by atoms with Crippen LogP contribution in [0.2, 0.25) is 0 Å². The van der Waals surface area contributed by atoms with Crippen LogP contribution in [0.5, 0.6) is 0 Å². The van der Waals surface area contributed by atoms with E-state index >= 15 is 0 Å². The van der Waals surface area contributed by atoms with Crippen LogP contribution in [-0.2, 0) is 0 Å². The highest BCUT2D eigenvalue weighted by Gasteiger charge is 2.21. The van der Waals surface area contributed by atoms with Crippen LogP contribution in [0, 0.1) is 0 Å². The first-order valence-electron chi connectivity index (χ1n) is 7.09. The molecule has 1 heterocycles. The Morgan fingerprint density at radius 2 is 1.70 bits per heavy atom. The standard InChI is InChI=1S/C16H22N2O2/c1-16(2,3)17-14(19)12-7-6-8-13(11-12)15(20)18-9-4-5-10-18/h6-8,11H,4-5,9-10H2,1-3H3,(H,17,19). The molecule has 0 spiro atoms. The molecule has 1 aliphatic heterocycles. The molecule has 0 unspecified atom stereocenters. The molecule has 0 atom stereocenters. The molecule has 20 heavy (non-hydrogen) atoms. The van der Waals surface area contributed by atoms with Crippen LogP contribution in [0.1, 0.15) is 54.3 Å². The van der Waals surface area contributed by atoms with E-state index in [1.54, 1.807) is 24.3 Å². The molecule has 1 aromatic rings. The second-order valence-corrected chi connectivity index (χ2v) is 6.28. The molecule has 1 N–H and O–H groups in total. The molecule has 4 nitrogen and oxygen atoms in total. The van der Waals surface area contributed by atoms with Gasteiger partial charge in [-0.3, -0.25) is 9.59 Å². The molecule has 1 aromatic carbocycles. The van der Waals surface area contributed by atoms with E-state index in [-0.39, 0.29) is 17.4 Å². The zero-order valence-electron chi connectivity index (χ0n) is 12.4. The van der Waals surface area contributed by atoms with Gasteiger partial charge in [0.15, 0.2) is 0 Å². The van der Waals surface area contributed by atoms with Gasteiger partial charge in [0.05, 0.1) is 0 Å². The van der Waals surface area contributed by atoms with Crippen LogP contribution in [0.15, 0.2) is 24.3 Å². The van der Waals surface area contributed by atoms with Gasteiger partial charge in [0.25, 0.3) is 11.8 Å². The Hall–Kier alpha value is -1.84. The van der Waals surface area contributed by atoms with Gasteiger partial charge in [0, 0.05) is 29.8 Å². The van der Waals surface area contributed by atoms with E-state index in [0.717, 1.165) is 25.9 Å². The number of benzene rings is 1. The van der Waals surface area contributed by atoms with Crippen molar-refractivity contribution in [3.05, 3.63) is 35.4 Å². The van der Waals surface area contributed by atoms with Crippen LogP contribution in [0.3, 0.4) is 0 Å². The largest absolute Gasteiger partial charge is 0.347 e. The lowest BCUT2D eigenvalue weighted by atomic mass is 10.1. The molecular formula is C16H22N2O2. The van der Waals surface area contributed by atoms with Crippen LogP contribution in [0.4, 0.5) is 0 Å². The fraction of sp³-hybridized carbons (Fsp3) is 0.500. The van der Waals surface area contributed by atoms with Crippen LogP contribution in [-0.4, -0.2) is 35.3 Å². The van der Waals surface area contributed by atoms with Crippen molar-refractivity contribution in [1.29, 1.82) is 0 Å². The summed E-state index contributed by atoms with van der Waals surface area (Å²) in [5.74, 6) is -0.124. The van der Waals surface area contributed by atoms with Gasteiger partial charge < -0.3 is 10.2 Å². The molecule has 0 saturated carbocycles. The average Bonchev–Trinajstić information content (AvgIpc) is 2.90. The Labute approximate surface area is 120 Å². The topological polar surface area (TPSA) is 49.4 Å². The van der Waals surface area contributed by atoms with Crippen molar-refractivity contribution in [2.75, 3.05) is 13.1 Å². The number of rotatable bonds is 2. The fourth-order valence-corrected chi connectivity index (χ4v) is 2.31. The van der Waals surface area contributed by atoms with Gasteiger partial charge in [-0.1, -0.05) is 6.07 Å². The highest BCUT2D eigenvalue weighted by atomic mass is 16.2. The maximum absolute atomic E-state index is 12.3. The summed E-state index contributed by atoms with van der Waals surface area (Å²) in [6.45, 7) is 7.44. The second kappa shape index (κ2) is 5.65. The van der Waals surface area contributed by atoms with Crippen molar-refractivity contribution in [3.8, 4) is 0 Å². The van der Waals surface area contributed by atoms with Crippen molar-refractivity contribution >= 4 is 11.8 Å². The number of amides is 2. The zero-order chi connectivity index (χ0) is 14.8. The smallest absolute Gasteiger partial charge is 0.253 e. The lowest BCUT2D eigenvalue weighted by Crippen LogP contribution is -2.40. The summed E-state index contributed by atoms with van der Waals surface area (Å²) < 4.78 is 0. The minimum atomic E-state index is -0.286. The van der Waals surface area contributed by atoms with Gasteiger partial charge in [0.2, 0.25) is 0 Å². The second-order valence-electron chi connectivity index (χ2n) is 6.28. The summed E-state index contributed by atoms with van der Waals surface area (Å²) >= 11 is 0. The van der Waals surface area contributed by atoms with Gasteiger partial charge in [-0.2, -0.15) is 0 Å². The minimum Gasteiger partial charge on any atom is -0.347 e. The predicted molar refractivity (Wildman–Crippen MR) is 78.8 cm³/mol. The summed E-state index contributed by atoms with van der Waals surface area (Å²) in [5, 5.41) is 2.91. The third kappa shape index (κ3) is 3.59. The Bertz CT molecular complexity index is 511. The minimum absolute atomic E-state index is 0.0212. The maximum atomic E-state index is 12.3. The maximum Gasteiger partial charge on any atom is 0.253 e. The van der Waals surface area contributed by atoms with Crippen molar-refractivity contribution < 1.29 is 9.59 Å².